The molecule has 0 nitrogen and oxygen atoms in total. The van der Waals surface area contributed by atoms with Gasteiger partial charge >= 0.3 is 0 Å². The summed E-state index contributed by atoms with van der Waals surface area (Å²) < 4.78 is 0. The molecule has 0 aliphatic rings. The van der Waals surface area contributed by atoms with Gasteiger partial charge in [-0.3, -0.25) is 0 Å². The molecule has 0 aliphatic carbocycles. The average molecular weight is 174 g/mol. The molecule has 0 fully saturated rings. The van der Waals surface area contributed by atoms with Crippen LogP contribution in [0.1, 0.15) is 61.8 Å². The maximum atomic E-state index is 3.48. The van der Waals surface area contributed by atoms with Crippen LogP contribution in [0, 0.1) is 5.92 Å². The molecule has 0 saturated heterocycles. The predicted molar refractivity (Wildman–Crippen MR) is 63.7 cm³/mol. The van der Waals surface area contributed by atoms with Crippen molar-refractivity contribution in [3.63, 3.8) is 0 Å². The van der Waals surface area contributed by atoms with Crippen LogP contribution in [0.2, 0.25) is 0 Å². The van der Waals surface area contributed by atoms with Gasteiger partial charge in [0.05, 0.1) is 0 Å². The lowest BCUT2D eigenvalue weighted by molar-refractivity contribution is 0.737. The molecule has 0 aromatic heterocycles. The second-order valence-corrected chi connectivity index (χ2v) is 2.43. The molecule has 0 rings (SSSR count). The fourth-order valence-corrected chi connectivity index (χ4v) is 0. The van der Waals surface area contributed by atoms with Crippen molar-refractivity contribution in [2.24, 2.45) is 5.92 Å². The van der Waals surface area contributed by atoms with Crippen LogP contribution in [0.4, 0.5) is 0 Å². The van der Waals surface area contributed by atoms with Gasteiger partial charge in [0.1, 0.15) is 0 Å². The molecular weight excluding hydrogens is 144 g/mol. The minimum Gasteiger partial charge on any atom is -0.103 e. The van der Waals surface area contributed by atoms with Crippen molar-refractivity contribution in [3.05, 3.63) is 12.7 Å². The van der Waals surface area contributed by atoms with E-state index in [9.17, 15) is 0 Å². The number of rotatable bonds is 1. The minimum absolute atomic E-state index is 0.833. The Morgan fingerprint density at radius 1 is 1.00 bits per heavy atom. The topological polar surface area (TPSA) is 0 Å². The van der Waals surface area contributed by atoms with Crippen molar-refractivity contribution >= 4 is 0 Å². The first-order valence-corrected chi connectivity index (χ1v) is 5.26. The molecule has 0 unspecified atom stereocenters. The molecule has 0 amide bonds. The Labute approximate surface area is 81.1 Å². The zero-order valence-corrected chi connectivity index (χ0v) is 10.6. The summed E-state index contributed by atoms with van der Waals surface area (Å²) in [5, 5.41) is 0. The highest BCUT2D eigenvalue weighted by Crippen LogP contribution is 1.81. The number of hydrogen-bond donors (Lipinski definition) is 0. The molecule has 78 valence electrons. The van der Waals surface area contributed by atoms with Crippen molar-refractivity contribution in [1.82, 2.24) is 0 Å². The highest BCUT2D eigenvalue weighted by molar-refractivity contribution is 4.60. The SMILES string of the molecule is C=CCC.CC.CC.CC(C)C. The van der Waals surface area contributed by atoms with Crippen molar-refractivity contribution in [3.8, 4) is 0 Å². The Morgan fingerprint density at radius 3 is 1.08 bits per heavy atom. The van der Waals surface area contributed by atoms with Gasteiger partial charge in [-0.25, -0.2) is 0 Å². The fourth-order valence-electron chi connectivity index (χ4n) is 0. The number of allylic oxidation sites excluding steroid dienone is 1. The molecular formula is C12H30. The fraction of sp³-hybridized carbons (Fsp3) is 0.833. The van der Waals surface area contributed by atoms with Gasteiger partial charge in [0.15, 0.2) is 0 Å². The Balaban J connectivity index is -0.0000000380. The molecule has 0 aliphatic heterocycles. The van der Waals surface area contributed by atoms with Crippen LogP contribution in [0.25, 0.3) is 0 Å². The van der Waals surface area contributed by atoms with Gasteiger partial charge < -0.3 is 0 Å². The lowest BCUT2D eigenvalue weighted by Gasteiger charge is -1.79. The Hall–Kier alpha value is -0.260. The van der Waals surface area contributed by atoms with Crippen LogP contribution in [-0.2, 0) is 0 Å². The molecule has 0 aromatic carbocycles. The van der Waals surface area contributed by atoms with E-state index in [0.29, 0.717) is 0 Å². The molecule has 0 bridgehead atoms. The molecule has 0 heteroatoms. The van der Waals surface area contributed by atoms with Gasteiger partial charge in [0.2, 0.25) is 0 Å². The smallest absolute Gasteiger partial charge is 0.0382 e. The first kappa shape index (κ1) is 22.6. The maximum absolute atomic E-state index is 3.48. The zero-order chi connectivity index (χ0) is 11.0. The van der Waals surface area contributed by atoms with E-state index in [1.165, 1.54) is 0 Å². The Morgan fingerprint density at radius 2 is 1.08 bits per heavy atom. The van der Waals surface area contributed by atoms with Crippen molar-refractivity contribution < 1.29 is 0 Å². The van der Waals surface area contributed by atoms with E-state index in [0.717, 1.165) is 12.3 Å². The zero-order valence-electron chi connectivity index (χ0n) is 10.6. The van der Waals surface area contributed by atoms with Crippen LogP contribution in [0.3, 0.4) is 0 Å². The van der Waals surface area contributed by atoms with Gasteiger partial charge in [-0.05, 0) is 12.3 Å². The molecule has 0 radical (unpaired) electrons. The monoisotopic (exact) mass is 174 g/mol. The Kier molecular flexibility index (Phi) is 85.4. The third-order valence-electron chi connectivity index (χ3n) is 0.289. The first-order chi connectivity index (χ1) is 5.65. The number of hydrogen-bond acceptors (Lipinski definition) is 0. The molecule has 0 heterocycles. The summed E-state index contributed by atoms with van der Waals surface area (Å²) in [5.74, 6) is 0.833. The average Bonchev–Trinajstić information content (AvgIpc) is 2.10. The van der Waals surface area contributed by atoms with Crippen LogP contribution in [-0.4, -0.2) is 0 Å². The molecule has 0 saturated carbocycles. The molecule has 0 atom stereocenters. The van der Waals surface area contributed by atoms with Crippen molar-refractivity contribution in [2.45, 2.75) is 61.8 Å². The standard InChI is InChI=1S/C4H10.C4H8.2C2H6/c1-4(2)3;1-3-4-2;2*1-2/h4H,1-3H3;3H,1,4H2,2H3;2*1-2H3. The summed E-state index contributed by atoms with van der Waals surface area (Å²) >= 11 is 0. The van der Waals surface area contributed by atoms with E-state index < -0.39 is 0 Å². The summed E-state index contributed by atoms with van der Waals surface area (Å²) in [5.41, 5.74) is 0. The second-order valence-electron chi connectivity index (χ2n) is 2.43. The summed E-state index contributed by atoms with van der Waals surface area (Å²) in [6, 6.07) is 0. The van der Waals surface area contributed by atoms with Crippen LogP contribution < -0.4 is 0 Å². The van der Waals surface area contributed by atoms with E-state index in [1.807, 2.05) is 33.8 Å². The quantitative estimate of drug-likeness (QED) is 0.473. The summed E-state index contributed by atoms with van der Waals surface area (Å²) in [6.07, 6.45) is 2.96. The lowest BCUT2D eigenvalue weighted by Crippen LogP contribution is -1.66. The maximum Gasteiger partial charge on any atom is -0.0382 e. The van der Waals surface area contributed by atoms with Crippen molar-refractivity contribution in [1.29, 1.82) is 0 Å². The van der Waals surface area contributed by atoms with Gasteiger partial charge in [-0.2, -0.15) is 0 Å². The molecule has 0 spiro atoms. The normalized spacial score (nSPS) is 6.08. The largest absolute Gasteiger partial charge is 0.103 e. The molecule has 12 heavy (non-hydrogen) atoms. The van der Waals surface area contributed by atoms with E-state index >= 15 is 0 Å². The third-order valence-corrected chi connectivity index (χ3v) is 0.289. The van der Waals surface area contributed by atoms with Gasteiger partial charge in [0.25, 0.3) is 0 Å². The van der Waals surface area contributed by atoms with Crippen LogP contribution in [0.15, 0.2) is 12.7 Å². The van der Waals surface area contributed by atoms with Gasteiger partial charge in [0, 0.05) is 0 Å². The highest BCUT2D eigenvalue weighted by Gasteiger charge is 1.68. The van der Waals surface area contributed by atoms with Crippen LogP contribution in [0.5, 0.6) is 0 Å². The summed E-state index contributed by atoms with van der Waals surface area (Å²) in [6.45, 7) is 20.0. The van der Waals surface area contributed by atoms with Gasteiger partial charge in [-0.1, -0.05) is 61.5 Å². The predicted octanol–water partition coefficient (Wildman–Crippen LogP) is 5.30. The Bertz CT molecular complexity index is 32.5. The molecule has 0 aromatic rings. The van der Waals surface area contributed by atoms with E-state index in [1.54, 1.807) is 0 Å². The third kappa shape index (κ3) is 1360. The lowest BCUT2D eigenvalue weighted by atomic mass is 10.3. The second kappa shape index (κ2) is 45.3. The first-order valence-electron chi connectivity index (χ1n) is 5.26. The minimum atomic E-state index is 0.833. The van der Waals surface area contributed by atoms with Crippen molar-refractivity contribution in [2.75, 3.05) is 0 Å². The highest BCUT2D eigenvalue weighted by atomic mass is 13.7. The molecule has 0 N–H and O–H groups in total. The van der Waals surface area contributed by atoms with E-state index in [-0.39, 0.29) is 0 Å². The van der Waals surface area contributed by atoms with Gasteiger partial charge in [-0.15, -0.1) is 6.58 Å². The van der Waals surface area contributed by atoms with E-state index in [4.69, 9.17) is 0 Å². The van der Waals surface area contributed by atoms with Crippen LogP contribution >= 0.6 is 0 Å². The summed E-state index contributed by atoms with van der Waals surface area (Å²) in [4.78, 5) is 0. The summed E-state index contributed by atoms with van der Waals surface area (Å²) in [7, 11) is 0. The van der Waals surface area contributed by atoms with E-state index in [2.05, 4.69) is 34.3 Å².